The molecule has 90 valence electrons. The standard InChI is InChI=1S/C14H19N3/c1-5-17(6-2)14-12-9-10(3)7-8-13(12)15-11(4)16-14/h7-9H,5-6H2,1-4H3. The van der Waals surface area contributed by atoms with E-state index in [0.717, 1.165) is 35.6 Å². The van der Waals surface area contributed by atoms with Gasteiger partial charge in [0.25, 0.3) is 0 Å². The number of aryl methyl sites for hydroxylation is 2. The smallest absolute Gasteiger partial charge is 0.140 e. The predicted molar refractivity (Wildman–Crippen MR) is 72.6 cm³/mol. The normalized spacial score (nSPS) is 10.8. The van der Waals surface area contributed by atoms with Gasteiger partial charge in [0, 0.05) is 18.5 Å². The van der Waals surface area contributed by atoms with Crippen LogP contribution < -0.4 is 4.90 Å². The van der Waals surface area contributed by atoms with E-state index in [1.807, 2.05) is 6.92 Å². The highest BCUT2D eigenvalue weighted by Crippen LogP contribution is 2.24. The topological polar surface area (TPSA) is 29.0 Å². The van der Waals surface area contributed by atoms with Crippen LogP contribution in [-0.2, 0) is 0 Å². The fourth-order valence-corrected chi connectivity index (χ4v) is 2.10. The SMILES string of the molecule is CCN(CC)c1nc(C)nc2ccc(C)cc12. The van der Waals surface area contributed by atoms with Gasteiger partial charge >= 0.3 is 0 Å². The number of hydrogen-bond donors (Lipinski definition) is 0. The van der Waals surface area contributed by atoms with Gasteiger partial charge in [0.15, 0.2) is 0 Å². The molecule has 0 aliphatic rings. The summed E-state index contributed by atoms with van der Waals surface area (Å²) in [5, 5.41) is 1.15. The maximum absolute atomic E-state index is 4.60. The quantitative estimate of drug-likeness (QED) is 0.810. The van der Waals surface area contributed by atoms with Crippen LogP contribution in [0, 0.1) is 13.8 Å². The van der Waals surface area contributed by atoms with E-state index in [2.05, 4.69) is 53.8 Å². The minimum Gasteiger partial charge on any atom is -0.357 e. The summed E-state index contributed by atoms with van der Waals surface area (Å²) in [5.41, 5.74) is 2.28. The summed E-state index contributed by atoms with van der Waals surface area (Å²) in [7, 11) is 0. The van der Waals surface area contributed by atoms with Crippen molar-refractivity contribution >= 4 is 16.7 Å². The molecule has 3 nitrogen and oxygen atoms in total. The Balaban J connectivity index is 2.71. The fraction of sp³-hybridized carbons (Fsp3) is 0.429. The van der Waals surface area contributed by atoms with Gasteiger partial charge in [-0.25, -0.2) is 9.97 Å². The maximum atomic E-state index is 4.60. The first-order valence-electron chi connectivity index (χ1n) is 6.15. The first-order valence-corrected chi connectivity index (χ1v) is 6.15. The average Bonchev–Trinajstić information content (AvgIpc) is 2.31. The van der Waals surface area contributed by atoms with Crippen molar-refractivity contribution in [1.82, 2.24) is 9.97 Å². The molecule has 0 aliphatic carbocycles. The van der Waals surface area contributed by atoms with E-state index in [4.69, 9.17) is 0 Å². The Hall–Kier alpha value is -1.64. The second-order valence-corrected chi connectivity index (χ2v) is 4.29. The number of rotatable bonds is 3. The van der Waals surface area contributed by atoms with Crippen molar-refractivity contribution in [3.8, 4) is 0 Å². The summed E-state index contributed by atoms with van der Waals surface area (Å²) in [4.78, 5) is 11.4. The van der Waals surface area contributed by atoms with Crippen LogP contribution in [0.2, 0.25) is 0 Å². The molecule has 0 saturated carbocycles. The Bertz CT molecular complexity index is 530. The Morgan fingerprint density at radius 3 is 2.41 bits per heavy atom. The van der Waals surface area contributed by atoms with Crippen molar-refractivity contribution in [3.63, 3.8) is 0 Å². The summed E-state index contributed by atoms with van der Waals surface area (Å²) < 4.78 is 0. The van der Waals surface area contributed by atoms with Gasteiger partial charge in [-0.2, -0.15) is 0 Å². The van der Waals surface area contributed by atoms with E-state index in [-0.39, 0.29) is 0 Å². The van der Waals surface area contributed by atoms with Crippen LogP contribution in [0.3, 0.4) is 0 Å². The molecule has 0 radical (unpaired) electrons. The van der Waals surface area contributed by atoms with Crippen molar-refractivity contribution in [3.05, 3.63) is 29.6 Å². The van der Waals surface area contributed by atoms with E-state index in [9.17, 15) is 0 Å². The molecule has 0 spiro atoms. The zero-order chi connectivity index (χ0) is 12.4. The highest BCUT2D eigenvalue weighted by molar-refractivity contribution is 5.90. The monoisotopic (exact) mass is 229 g/mol. The van der Waals surface area contributed by atoms with Crippen molar-refractivity contribution in [2.24, 2.45) is 0 Å². The number of benzene rings is 1. The molecule has 0 N–H and O–H groups in total. The minimum absolute atomic E-state index is 0.836. The zero-order valence-electron chi connectivity index (χ0n) is 11.0. The summed E-state index contributed by atoms with van der Waals surface area (Å²) in [5.74, 6) is 1.89. The Morgan fingerprint density at radius 1 is 1.06 bits per heavy atom. The van der Waals surface area contributed by atoms with Gasteiger partial charge in [-0.05, 0) is 39.8 Å². The number of fused-ring (bicyclic) bond motifs is 1. The van der Waals surface area contributed by atoms with Crippen LogP contribution in [0.5, 0.6) is 0 Å². The minimum atomic E-state index is 0.836. The first-order chi connectivity index (χ1) is 8.15. The molecule has 0 aliphatic heterocycles. The van der Waals surface area contributed by atoms with Gasteiger partial charge in [-0.3, -0.25) is 0 Å². The van der Waals surface area contributed by atoms with Gasteiger partial charge in [-0.15, -0.1) is 0 Å². The van der Waals surface area contributed by atoms with Crippen LogP contribution in [0.1, 0.15) is 25.2 Å². The summed E-state index contributed by atoms with van der Waals surface area (Å²) in [6.45, 7) is 10.3. The fourth-order valence-electron chi connectivity index (χ4n) is 2.10. The molecule has 0 amide bonds. The van der Waals surface area contributed by atoms with Crippen LogP contribution in [-0.4, -0.2) is 23.1 Å². The second kappa shape index (κ2) is 4.70. The van der Waals surface area contributed by atoms with Gasteiger partial charge in [0.1, 0.15) is 11.6 Å². The van der Waals surface area contributed by atoms with Crippen molar-refractivity contribution < 1.29 is 0 Å². The molecule has 1 heterocycles. The summed E-state index contributed by atoms with van der Waals surface area (Å²) in [6, 6.07) is 6.34. The highest BCUT2D eigenvalue weighted by Gasteiger charge is 2.10. The van der Waals surface area contributed by atoms with Gasteiger partial charge in [0.2, 0.25) is 0 Å². The Kier molecular flexibility index (Phi) is 3.27. The number of aromatic nitrogens is 2. The number of nitrogens with zero attached hydrogens (tertiary/aromatic N) is 3. The Morgan fingerprint density at radius 2 is 1.76 bits per heavy atom. The van der Waals surface area contributed by atoms with Crippen LogP contribution >= 0.6 is 0 Å². The summed E-state index contributed by atoms with van der Waals surface area (Å²) >= 11 is 0. The molecule has 0 fully saturated rings. The molecule has 1 aromatic carbocycles. The van der Waals surface area contributed by atoms with E-state index in [1.165, 1.54) is 5.56 Å². The third kappa shape index (κ3) is 2.23. The van der Waals surface area contributed by atoms with Crippen molar-refractivity contribution in [1.29, 1.82) is 0 Å². The molecule has 1 aromatic heterocycles. The lowest BCUT2D eigenvalue weighted by Crippen LogP contribution is -2.23. The predicted octanol–water partition coefficient (Wildman–Crippen LogP) is 3.09. The van der Waals surface area contributed by atoms with Crippen molar-refractivity contribution in [2.45, 2.75) is 27.7 Å². The van der Waals surface area contributed by atoms with Crippen LogP contribution in [0.15, 0.2) is 18.2 Å². The van der Waals surface area contributed by atoms with E-state index in [1.54, 1.807) is 0 Å². The number of anilines is 1. The van der Waals surface area contributed by atoms with Gasteiger partial charge in [0.05, 0.1) is 5.52 Å². The van der Waals surface area contributed by atoms with E-state index >= 15 is 0 Å². The largest absolute Gasteiger partial charge is 0.357 e. The third-order valence-electron chi connectivity index (χ3n) is 3.01. The molecule has 0 bridgehead atoms. The lowest BCUT2D eigenvalue weighted by atomic mass is 10.1. The van der Waals surface area contributed by atoms with Gasteiger partial charge in [-0.1, -0.05) is 11.6 Å². The van der Waals surface area contributed by atoms with E-state index < -0.39 is 0 Å². The lowest BCUT2D eigenvalue weighted by Gasteiger charge is -2.21. The lowest BCUT2D eigenvalue weighted by molar-refractivity contribution is 0.842. The van der Waals surface area contributed by atoms with Crippen LogP contribution in [0.25, 0.3) is 10.9 Å². The highest BCUT2D eigenvalue weighted by atomic mass is 15.2. The first kappa shape index (κ1) is 11.8. The second-order valence-electron chi connectivity index (χ2n) is 4.29. The molecule has 3 heteroatoms. The molecular weight excluding hydrogens is 210 g/mol. The molecule has 0 saturated heterocycles. The van der Waals surface area contributed by atoms with Crippen molar-refractivity contribution in [2.75, 3.05) is 18.0 Å². The zero-order valence-corrected chi connectivity index (χ0v) is 11.0. The molecule has 17 heavy (non-hydrogen) atoms. The Labute approximate surface area is 103 Å². The number of hydrogen-bond acceptors (Lipinski definition) is 3. The van der Waals surface area contributed by atoms with Gasteiger partial charge < -0.3 is 4.90 Å². The average molecular weight is 229 g/mol. The molecule has 0 unspecified atom stereocenters. The molecule has 2 rings (SSSR count). The molecule has 0 atom stereocenters. The van der Waals surface area contributed by atoms with Crippen LogP contribution in [0.4, 0.5) is 5.82 Å². The third-order valence-corrected chi connectivity index (χ3v) is 3.01. The molecular formula is C14H19N3. The summed E-state index contributed by atoms with van der Waals surface area (Å²) in [6.07, 6.45) is 0. The van der Waals surface area contributed by atoms with E-state index in [0.29, 0.717) is 0 Å². The molecule has 2 aromatic rings. The maximum Gasteiger partial charge on any atom is 0.140 e.